The van der Waals surface area contributed by atoms with Crippen LogP contribution in [0.25, 0.3) is 0 Å². The van der Waals surface area contributed by atoms with Gasteiger partial charge in [0.2, 0.25) is 5.75 Å². The number of hydrogen-bond donors (Lipinski definition) is 3. The van der Waals surface area contributed by atoms with Crippen molar-refractivity contribution in [2.24, 2.45) is 0 Å². The number of carbonyl (C=O) groups is 1. The number of ether oxygens (including phenoxy) is 2. The zero-order valence-electron chi connectivity index (χ0n) is 15.4. The van der Waals surface area contributed by atoms with Crippen LogP contribution in [0.2, 0.25) is 0 Å². The largest absolute Gasteiger partial charge is 0.508 e. The molecule has 1 atom stereocenters. The summed E-state index contributed by atoms with van der Waals surface area (Å²) in [5.41, 5.74) is 0.577. The number of phenolic OH excluding ortho intramolecular Hbond substituents is 3. The predicted molar refractivity (Wildman–Crippen MR) is 100 cm³/mol. The van der Waals surface area contributed by atoms with Gasteiger partial charge in [0.1, 0.15) is 18.1 Å². The highest BCUT2D eigenvalue weighted by Gasteiger charge is 2.36. The van der Waals surface area contributed by atoms with Gasteiger partial charge in [0.05, 0.1) is 18.6 Å². The van der Waals surface area contributed by atoms with Crippen LogP contribution < -0.4 is 9.47 Å². The van der Waals surface area contributed by atoms with E-state index in [-0.39, 0.29) is 29.5 Å². The lowest BCUT2D eigenvalue weighted by Crippen LogP contribution is -2.26. The highest BCUT2D eigenvalue weighted by Crippen LogP contribution is 2.49. The Kier molecular flexibility index (Phi) is 4.51. The topological polar surface area (TPSA) is 96.2 Å². The van der Waals surface area contributed by atoms with Crippen LogP contribution in [-0.4, -0.2) is 34.8 Å². The van der Waals surface area contributed by atoms with Crippen LogP contribution in [0.4, 0.5) is 0 Å². The number of methoxy groups -OCH3 is 1. The summed E-state index contributed by atoms with van der Waals surface area (Å²) in [6, 6.07) is 5.90. The first kappa shape index (κ1) is 18.6. The Balaban J connectivity index is 2.16. The molecule has 0 spiro atoms. The summed E-state index contributed by atoms with van der Waals surface area (Å²) in [7, 11) is 1.40. The zero-order chi connectivity index (χ0) is 19.9. The lowest BCUT2D eigenvalue weighted by molar-refractivity contribution is 0.0893. The fraction of sp³-hybridized carbons (Fsp3) is 0.286. The molecular formula is C21H22O6. The van der Waals surface area contributed by atoms with Crippen LogP contribution >= 0.6 is 0 Å². The molecule has 0 radical (unpaired) electrons. The summed E-state index contributed by atoms with van der Waals surface area (Å²) in [6.45, 7) is 7.56. The molecule has 27 heavy (non-hydrogen) atoms. The maximum atomic E-state index is 13.0. The van der Waals surface area contributed by atoms with Crippen LogP contribution in [0, 0.1) is 0 Å². The standard InChI is InChI=1S/C21H22O6/c1-5-21(2,3)15-9-13(18(24)19(25)20(15)26-4)14-10-27-16-8-11(22)6-7-12(16)17(14)23/h5-9,14,22,24-25H,1,10H2,2-4H3/t14-/m1/s1. The molecule has 0 fully saturated rings. The lowest BCUT2D eigenvalue weighted by atomic mass is 9.80. The molecule has 2 aromatic rings. The van der Waals surface area contributed by atoms with Gasteiger partial charge in [0.25, 0.3) is 0 Å². The first-order valence-corrected chi connectivity index (χ1v) is 8.48. The Morgan fingerprint density at radius 2 is 1.93 bits per heavy atom. The number of phenols is 3. The smallest absolute Gasteiger partial charge is 0.201 e. The molecule has 6 nitrogen and oxygen atoms in total. The Morgan fingerprint density at radius 3 is 2.56 bits per heavy atom. The maximum Gasteiger partial charge on any atom is 0.201 e. The third-order valence-electron chi connectivity index (χ3n) is 4.99. The second kappa shape index (κ2) is 6.54. The van der Waals surface area contributed by atoms with Crippen molar-refractivity contribution in [3.8, 4) is 28.7 Å². The Hall–Kier alpha value is -3.15. The lowest BCUT2D eigenvalue weighted by Gasteiger charge is -2.29. The Bertz CT molecular complexity index is 929. The number of Topliss-reactive ketones (excluding diaryl/α,β-unsaturated/α-hetero) is 1. The van der Waals surface area contributed by atoms with E-state index in [1.54, 1.807) is 12.1 Å². The number of benzene rings is 2. The maximum absolute atomic E-state index is 13.0. The van der Waals surface area contributed by atoms with Gasteiger partial charge in [-0.25, -0.2) is 0 Å². The fourth-order valence-corrected chi connectivity index (χ4v) is 3.22. The molecule has 3 rings (SSSR count). The van der Waals surface area contributed by atoms with Gasteiger partial charge >= 0.3 is 0 Å². The number of carbonyl (C=O) groups excluding carboxylic acids is 1. The molecule has 0 amide bonds. The summed E-state index contributed by atoms with van der Waals surface area (Å²) in [6.07, 6.45) is 1.70. The molecule has 6 heteroatoms. The van der Waals surface area contributed by atoms with E-state index in [0.29, 0.717) is 16.9 Å². The quantitative estimate of drug-likeness (QED) is 0.562. The molecule has 1 aliphatic rings. The predicted octanol–water partition coefficient (Wildman–Crippen LogP) is 3.63. The van der Waals surface area contributed by atoms with E-state index in [1.165, 1.54) is 25.3 Å². The first-order chi connectivity index (χ1) is 12.7. The molecule has 0 saturated carbocycles. The SMILES string of the molecule is C=CC(C)(C)c1cc([C@H]2COc3cc(O)ccc3C2=O)c(O)c(O)c1OC. The van der Waals surface area contributed by atoms with E-state index in [4.69, 9.17) is 9.47 Å². The van der Waals surface area contributed by atoms with Gasteiger partial charge in [-0.05, 0) is 18.2 Å². The number of allylic oxidation sites excluding steroid dienone is 1. The number of ketones is 1. The molecule has 1 heterocycles. The number of hydrogen-bond acceptors (Lipinski definition) is 6. The molecular weight excluding hydrogens is 348 g/mol. The minimum atomic E-state index is -0.807. The summed E-state index contributed by atoms with van der Waals surface area (Å²) in [4.78, 5) is 13.0. The molecule has 0 unspecified atom stereocenters. The molecule has 3 N–H and O–H groups in total. The van der Waals surface area contributed by atoms with Crippen molar-refractivity contribution >= 4 is 5.78 Å². The molecule has 1 aliphatic heterocycles. The van der Waals surface area contributed by atoms with E-state index in [9.17, 15) is 20.1 Å². The van der Waals surface area contributed by atoms with E-state index < -0.39 is 22.8 Å². The van der Waals surface area contributed by atoms with Gasteiger partial charge in [0, 0.05) is 22.6 Å². The average molecular weight is 370 g/mol. The minimum absolute atomic E-state index is 0.0000389. The number of aromatic hydroxyl groups is 3. The van der Waals surface area contributed by atoms with Gasteiger partial charge in [-0.1, -0.05) is 19.9 Å². The van der Waals surface area contributed by atoms with Crippen LogP contribution in [0.15, 0.2) is 36.9 Å². The Morgan fingerprint density at radius 1 is 1.22 bits per heavy atom. The van der Waals surface area contributed by atoms with Crippen molar-refractivity contribution in [3.63, 3.8) is 0 Å². The van der Waals surface area contributed by atoms with E-state index in [1.807, 2.05) is 13.8 Å². The summed E-state index contributed by atoms with van der Waals surface area (Å²) in [5, 5.41) is 30.6. The van der Waals surface area contributed by atoms with Crippen molar-refractivity contribution in [1.29, 1.82) is 0 Å². The first-order valence-electron chi connectivity index (χ1n) is 8.48. The zero-order valence-corrected chi connectivity index (χ0v) is 15.4. The van der Waals surface area contributed by atoms with E-state index >= 15 is 0 Å². The summed E-state index contributed by atoms with van der Waals surface area (Å²) in [5.74, 6) is -1.49. The van der Waals surface area contributed by atoms with Crippen molar-refractivity contribution in [3.05, 3.63) is 53.6 Å². The van der Waals surface area contributed by atoms with Crippen LogP contribution in [-0.2, 0) is 5.41 Å². The average Bonchev–Trinajstić information content (AvgIpc) is 2.64. The highest BCUT2D eigenvalue weighted by atomic mass is 16.5. The van der Waals surface area contributed by atoms with Crippen LogP contribution in [0.3, 0.4) is 0 Å². The Labute approximate surface area is 157 Å². The molecule has 142 valence electrons. The highest BCUT2D eigenvalue weighted by molar-refractivity contribution is 6.04. The van der Waals surface area contributed by atoms with Crippen LogP contribution in [0.1, 0.15) is 41.3 Å². The normalized spacial score (nSPS) is 16.4. The summed E-state index contributed by atoms with van der Waals surface area (Å²) < 4.78 is 10.9. The van der Waals surface area contributed by atoms with Gasteiger partial charge in [-0.3, -0.25) is 4.79 Å². The fourth-order valence-electron chi connectivity index (χ4n) is 3.22. The molecule has 0 bridgehead atoms. The third-order valence-corrected chi connectivity index (χ3v) is 4.99. The van der Waals surface area contributed by atoms with Crippen molar-refractivity contribution in [2.75, 3.05) is 13.7 Å². The minimum Gasteiger partial charge on any atom is -0.508 e. The number of fused-ring (bicyclic) bond motifs is 1. The molecule has 0 aromatic heterocycles. The second-order valence-corrected chi connectivity index (χ2v) is 7.08. The monoisotopic (exact) mass is 370 g/mol. The molecule has 2 aromatic carbocycles. The third kappa shape index (κ3) is 2.97. The van der Waals surface area contributed by atoms with Crippen molar-refractivity contribution in [2.45, 2.75) is 25.2 Å². The van der Waals surface area contributed by atoms with Crippen molar-refractivity contribution < 1.29 is 29.6 Å². The van der Waals surface area contributed by atoms with Gasteiger partial charge in [0.15, 0.2) is 17.3 Å². The van der Waals surface area contributed by atoms with E-state index in [2.05, 4.69) is 6.58 Å². The van der Waals surface area contributed by atoms with Gasteiger partial charge < -0.3 is 24.8 Å². The summed E-state index contributed by atoms with van der Waals surface area (Å²) >= 11 is 0. The second-order valence-electron chi connectivity index (χ2n) is 7.08. The van der Waals surface area contributed by atoms with E-state index in [0.717, 1.165) is 0 Å². The molecule has 0 saturated heterocycles. The molecule has 0 aliphatic carbocycles. The van der Waals surface area contributed by atoms with Crippen LogP contribution in [0.5, 0.6) is 28.7 Å². The van der Waals surface area contributed by atoms with Gasteiger partial charge in [-0.15, -0.1) is 6.58 Å². The number of rotatable bonds is 4. The van der Waals surface area contributed by atoms with Gasteiger partial charge in [-0.2, -0.15) is 0 Å². The van der Waals surface area contributed by atoms with Crippen molar-refractivity contribution in [1.82, 2.24) is 0 Å².